The van der Waals surface area contributed by atoms with E-state index >= 15 is 0 Å². The van der Waals surface area contributed by atoms with Crippen LogP contribution in [0.1, 0.15) is 0 Å². The molecule has 0 radical (unpaired) electrons. The molecule has 0 saturated heterocycles. The highest BCUT2D eigenvalue weighted by Crippen LogP contribution is 2.09. The Morgan fingerprint density at radius 2 is 1.84 bits per heavy atom. The largest absolute Gasteiger partial charge is 0.484 e. The first-order valence-corrected chi connectivity index (χ1v) is 7.45. The van der Waals surface area contributed by atoms with Crippen molar-refractivity contribution in [2.45, 2.75) is 0 Å². The van der Waals surface area contributed by atoms with E-state index in [1.54, 1.807) is 24.3 Å². The van der Waals surface area contributed by atoms with Crippen molar-refractivity contribution >= 4 is 11.7 Å². The molecule has 0 aliphatic heterocycles. The summed E-state index contributed by atoms with van der Waals surface area (Å²) in [7, 11) is 0. The van der Waals surface area contributed by atoms with Crippen molar-refractivity contribution in [3.05, 3.63) is 83.2 Å². The molecule has 0 aliphatic rings. The highest BCUT2D eigenvalue weighted by molar-refractivity contribution is 5.90. The Morgan fingerprint density at radius 3 is 2.56 bits per heavy atom. The number of benzene rings is 2. The third-order valence-corrected chi connectivity index (χ3v) is 3.32. The molecule has 0 unspecified atom stereocenters. The van der Waals surface area contributed by atoms with E-state index < -0.39 is 17.3 Å². The number of hydrogen-bond acceptors (Lipinski definition) is 4. The Hall–Kier alpha value is -3.48. The van der Waals surface area contributed by atoms with E-state index in [-0.39, 0.29) is 12.4 Å². The Bertz CT molecular complexity index is 924. The molecular weight excluding hydrogens is 325 g/mol. The first kappa shape index (κ1) is 16.4. The van der Waals surface area contributed by atoms with E-state index in [4.69, 9.17) is 4.74 Å². The number of anilines is 1. The Kier molecular flexibility index (Phi) is 4.84. The minimum absolute atomic E-state index is 0.131. The number of amides is 1. The van der Waals surface area contributed by atoms with Crippen molar-refractivity contribution < 1.29 is 13.9 Å². The van der Waals surface area contributed by atoms with Gasteiger partial charge in [-0.05, 0) is 36.4 Å². The summed E-state index contributed by atoms with van der Waals surface area (Å²) >= 11 is 0. The molecular formula is C18H14FN3O3. The van der Waals surface area contributed by atoms with Crippen LogP contribution in [0.15, 0.2) is 71.8 Å². The van der Waals surface area contributed by atoms with Crippen molar-refractivity contribution in [2.24, 2.45) is 0 Å². The molecule has 1 heterocycles. The SMILES string of the molecule is O=C(COc1ccccc1)Nc1nccn(-c2ccc(F)cc2)c1=O. The smallest absolute Gasteiger partial charge is 0.298 e. The van der Waals surface area contributed by atoms with Crippen LogP contribution in [-0.2, 0) is 4.79 Å². The maximum absolute atomic E-state index is 13.0. The topological polar surface area (TPSA) is 73.2 Å². The van der Waals surface area contributed by atoms with E-state index in [0.29, 0.717) is 11.4 Å². The fraction of sp³-hybridized carbons (Fsp3) is 0.0556. The van der Waals surface area contributed by atoms with Gasteiger partial charge in [0.25, 0.3) is 11.5 Å². The molecule has 0 atom stereocenters. The van der Waals surface area contributed by atoms with E-state index in [1.807, 2.05) is 6.07 Å². The normalized spacial score (nSPS) is 10.3. The second-order valence-electron chi connectivity index (χ2n) is 5.08. The number of hydrogen-bond donors (Lipinski definition) is 1. The minimum Gasteiger partial charge on any atom is -0.484 e. The second kappa shape index (κ2) is 7.39. The summed E-state index contributed by atoms with van der Waals surface area (Å²) in [6, 6.07) is 14.2. The summed E-state index contributed by atoms with van der Waals surface area (Å²) < 4.78 is 19.6. The van der Waals surface area contributed by atoms with Gasteiger partial charge in [-0.15, -0.1) is 0 Å². The van der Waals surface area contributed by atoms with Gasteiger partial charge < -0.3 is 10.1 Å². The van der Waals surface area contributed by atoms with Gasteiger partial charge in [0.1, 0.15) is 11.6 Å². The van der Waals surface area contributed by atoms with Crippen LogP contribution >= 0.6 is 0 Å². The number of para-hydroxylation sites is 1. The lowest BCUT2D eigenvalue weighted by atomic mass is 10.3. The lowest BCUT2D eigenvalue weighted by Crippen LogP contribution is -2.28. The van der Waals surface area contributed by atoms with Gasteiger partial charge in [0, 0.05) is 18.1 Å². The monoisotopic (exact) mass is 339 g/mol. The number of halogens is 1. The second-order valence-corrected chi connectivity index (χ2v) is 5.08. The Morgan fingerprint density at radius 1 is 1.12 bits per heavy atom. The number of rotatable bonds is 5. The van der Waals surface area contributed by atoms with E-state index in [2.05, 4.69) is 10.3 Å². The quantitative estimate of drug-likeness (QED) is 0.775. The van der Waals surface area contributed by atoms with Crippen molar-refractivity contribution in [1.29, 1.82) is 0 Å². The number of ether oxygens (including phenoxy) is 1. The zero-order valence-corrected chi connectivity index (χ0v) is 13.1. The van der Waals surface area contributed by atoms with Gasteiger partial charge in [0.05, 0.1) is 0 Å². The van der Waals surface area contributed by atoms with Gasteiger partial charge in [0.15, 0.2) is 12.4 Å². The van der Waals surface area contributed by atoms with Crippen molar-refractivity contribution in [3.8, 4) is 11.4 Å². The number of aromatic nitrogens is 2. The molecule has 0 saturated carbocycles. The summed E-state index contributed by atoms with van der Waals surface area (Å²) in [6.07, 6.45) is 2.81. The summed E-state index contributed by atoms with van der Waals surface area (Å²) in [6.45, 7) is -0.253. The van der Waals surface area contributed by atoms with E-state index in [1.165, 1.54) is 41.2 Å². The van der Waals surface area contributed by atoms with Crippen LogP contribution in [0.5, 0.6) is 5.75 Å². The predicted octanol–water partition coefficient (Wildman–Crippen LogP) is 2.39. The maximum Gasteiger partial charge on any atom is 0.298 e. The molecule has 3 rings (SSSR count). The molecule has 25 heavy (non-hydrogen) atoms. The molecule has 6 nitrogen and oxygen atoms in total. The molecule has 0 fully saturated rings. The molecule has 1 N–H and O–H groups in total. The molecule has 126 valence electrons. The lowest BCUT2D eigenvalue weighted by Gasteiger charge is -2.09. The Labute approximate surface area is 142 Å². The van der Waals surface area contributed by atoms with Gasteiger partial charge in [-0.2, -0.15) is 0 Å². The Balaban J connectivity index is 1.72. The fourth-order valence-corrected chi connectivity index (χ4v) is 2.14. The molecule has 0 bridgehead atoms. The molecule has 1 aromatic heterocycles. The lowest BCUT2D eigenvalue weighted by molar-refractivity contribution is -0.118. The number of nitrogens with one attached hydrogen (secondary N) is 1. The minimum atomic E-state index is -0.526. The first-order valence-electron chi connectivity index (χ1n) is 7.45. The van der Waals surface area contributed by atoms with Gasteiger partial charge in [0.2, 0.25) is 0 Å². The molecule has 2 aromatic carbocycles. The van der Waals surface area contributed by atoms with Crippen LogP contribution in [0.3, 0.4) is 0 Å². The van der Waals surface area contributed by atoms with Crippen molar-refractivity contribution in [2.75, 3.05) is 11.9 Å². The summed E-state index contributed by atoms with van der Waals surface area (Å²) in [5, 5.41) is 2.42. The van der Waals surface area contributed by atoms with E-state index in [0.717, 1.165) is 0 Å². The van der Waals surface area contributed by atoms with Crippen LogP contribution in [-0.4, -0.2) is 22.1 Å². The van der Waals surface area contributed by atoms with Crippen LogP contribution < -0.4 is 15.6 Å². The summed E-state index contributed by atoms with van der Waals surface area (Å²) in [5.41, 5.74) is -0.0630. The number of carbonyl (C=O) groups excluding carboxylic acids is 1. The molecule has 0 aliphatic carbocycles. The van der Waals surface area contributed by atoms with E-state index in [9.17, 15) is 14.0 Å². The number of nitrogens with zero attached hydrogens (tertiary/aromatic N) is 2. The van der Waals surface area contributed by atoms with Crippen LogP contribution in [0.2, 0.25) is 0 Å². The van der Waals surface area contributed by atoms with Crippen LogP contribution in [0.4, 0.5) is 10.2 Å². The average Bonchev–Trinajstić information content (AvgIpc) is 2.63. The average molecular weight is 339 g/mol. The molecule has 1 amide bonds. The molecule has 7 heteroatoms. The maximum atomic E-state index is 13.0. The van der Waals surface area contributed by atoms with Gasteiger partial charge in [-0.1, -0.05) is 18.2 Å². The third-order valence-electron chi connectivity index (χ3n) is 3.32. The summed E-state index contributed by atoms with van der Waals surface area (Å²) in [5.74, 6) is -0.501. The first-order chi connectivity index (χ1) is 12.1. The van der Waals surface area contributed by atoms with Gasteiger partial charge in [-0.25, -0.2) is 9.37 Å². The van der Waals surface area contributed by atoms with Gasteiger partial charge >= 0.3 is 0 Å². The predicted molar refractivity (Wildman–Crippen MR) is 90.4 cm³/mol. The summed E-state index contributed by atoms with van der Waals surface area (Å²) in [4.78, 5) is 28.3. The molecule has 0 spiro atoms. The number of carbonyl (C=O) groups is 1. The fourth-order valence-electron chi connectivity index (χ4n) is 2.14. The highest BCUT2D eigenvalue weighted by Gasteiger charge is 2.11. The van der Waals surface area contributed by atoms with Crippen LogP contribution in [0.25, 0.3) is 5.69 Å². The van der Waals surface area contributed by atoms with Crippen molar-refractivity contribution in [3.63, 3.8) is 0 Å². The standard InChI is InChI=1S/C18H14FN3O3/c19-13-6-8-14(9-7-13)22-11-10-20-17(18(22)24)21-16(23)12-25-15-4-2-1-3-5-15/h1-11H,12H2,(H,20,21,23). The highest BCUT2D eigenvalue weighted by atomic mass is 19.1. The zero-order valence-electron chi connectivity index (χ0n) is 13.1. The van der Waals surface area contributed by atoms with Crippen molar-refractivity contribution in [1.82, 2.24) is 9.55 Å². The zero-order chi connectivity index (χ0) is 17.6. The third kappa shape index (κ3) is 4.08. The van der Waals surface area contributed by atoms with Crippen LogP contribution in [0, 0.1) is 5.82 Å². The van der Waals surface area contributed by atoms with Gasteiger partial charge in [-0.3, -0.25) is 14.2 Å². The molecule has 3 aromatic rings.